The zero-order chi connectivity index (χ0) is 24.1. The molecule has 0 saturated heterocycles. The molecule has 0 spiro atoms. The van der Waals surface area contributed by atoms with Gasteiger partial charge in [0.1, 0.15) is 12.1 Å². The summed E-state index contributed by atoms with van der Waals surface area (Å²) < 4.78 is 2.24. The highest BCUT2D eigenvalue weighted by Crippen LogP contribution is 2.27. The summed E-state index contributed by atoms with van der Waals surface area (Å²) in [5.41, 5.74) is 0.259. The highest BCUT2D eigenvalue weighted by Gasteiger charge is 2.26. The van der Waals surface area contributed by atoms with Crippen LogP contribution in [0.5, 0.6) is 5.88 Å². The van der Waals surface area contributed by atoms with Gasteiger partial charge in [-0.3, -0.25) is 9.59 Å². The number of likely N-dealkylation sites (N-methyl/N-ethyl adjacent to an activating group) is 1. The van der Waals surface area contributed by atoms with Crippen molar-refractivity contribution in [2.45, 2.75) is 6.92 Å². The van der Waals surface area contributed by atoms with Gasteiger partial charge >= 0.3 is 0 Å². The van der Waals surface area contributed by atoms with Crippen molar-refractivity contribution in [3.8, 4) is 5.88 Å². The summed E-state index contributed by atoms with van der Waals surface area (Å²) >= 11 is 6.17. The molecule has 3 rings (SSSR count). The van der Waals surface area contributed by atoms with Crippen LogP contribution in [0.15, 0.2) is 53.3 Å². The van der Waals surface area contributed by atoms with Crippen molar-refractivity contribution < 1.29 is 19.5 Å². The number of aromatic nitrogens is 1. The first-order valence-corrected chi connectivity index (χ1v) is 10.7. The second-order valence-corrected chi connectivity index (χ2v) is 8.75. The standard InChI is InChI=1S/C19H17ClN2O3.C5H14NO/c1-3-22(12-8-5-4-6-9-12)19(25)16-17(23)15-13(20)10-7-11-14(15)21(2)18(16)24;1-6(2,3)4-5-7/h4-11,24H,3H2,1-2H3;7H,4-5H2,1-3H3/q;+1. The lowest BCUT2D eigenvalue weighted by atomic mass is 10.1. The number of aryl methyl sites for hydroxylation is 1. The smallest absolute Gasteiger partial charge is 0.267 e. The predicted octanol–water partition coefficient (Wildman–Crippen LogP) is 3.25. The van der Waals surface area contributed by atoms with Crippen LogP contribution < -0.4 is 10.3 Å². The SMILES string of the molecule is CCN(C(=O)c1c(O)n(C)c2cccc(Cl)c2c1=O)c1ccccc1.C[N+](C)(C)CCO. The lowest BCUT2D eigenvalue weighted by molar-refractivity contribution is -0.870. The van der Waals surface area contributed by atoms with Crippen molar-refractivity contribution in [1.82, 2.24) is 4.57 Å². The molecular formula is C24H31ClN3O4+. The first-order valence-electron chi connectivity index (χ1n) is 10.3. The second kappa shape index (κ2) is 10.6. The minimum atomic E-state index is -0.574. The van der Waals surface area contributed by atoms with Crippen molar-refractivity contribution in [1.29, 1.82) is 0 Å². The van der Waals surface area contributed by atoms with Gasteiger partial charge in [-0.15, -0.1) is 0 Å². The molecule has 0 saturated carbocycles. The predicted molar refractivity (Wildman–Crippen MR) is 130 cm³/mol. The van der Waals surface area contributed by atoms with E-state index in [-0.39, 0.29) is 28.5 Å². The minimum absolute atomic E-state index is 0.219. The van der Waals surface area contributed by atoms with Crippen LogP contribution in [0.3, 0.4) is 0 Å². The summed E-state index contributed by atoms with van der Waals surface area (Å²) in [4.78, 5) is 27.4. The van der Waals surface area contributed by atoms with E-state index >= 15 is 0 Å². The third kappa shape index (κ3) is 5.68. The van der Waals surface area contributed by atoms with Crippen LogP contribution in [-0.2, 0) is 7.05 Å². The summed E-state index contributed by atoms with van der Waals surface area (Å²) in [6, 6.07) is 14.0. The zero-order valence-corrected chi connectivity index (χ0v) is 19.9. The molecule has 0 aliphatic rings. The van der Waals surface area contributed by atoms with E-state index in [1.54, 1.807) is 56.4 Å². The number of pyridine rings is 1. The normalized spacial score (nSPS) is 11.1. The van der Waals surface area contributed by atoms with Gasteiger partial charge in [-0.1, -0.05) is 35.9 Å². The van der Waals surface area contributed by atoms with Crippen molar-refractivity contribution >= 4 is 34.1 Å². The van der Waals surface area contributed by atoms with Gasteiger partial charge in [0.2, 0.25) is 11.3 Å². The molecule has 3 aromatic rings. The Balaban J connectivity index is 0.000000451. The molecule has 172 valence electrons. The topological polar surface area (TPSA) is 82.8 Å². The van der Waals surface area contributed by atoms with Crippen molar-refractivity contribution in [2.24, 2.45) is 7.05 Å². The first kappa shape index (κ1) is 25.4. The number of nitrogens with zero attached hydrogens (tertiary/aromatic N) is 3. The molecular weight excluding hydrogens is 430 g/mol. The number of halogens is 1. The Bertz CT molecular complexity index is 1140. The number of aromatic hydroxyl groups is 1. The molecule has 1 heterocycles. The third-order valence-electron chi connectivity index (χ3n) is 4.96. The Hall–Kier alpha value is -2.87. The molecule has 7 nitrogen and oxygen atoms in total. The summed E-state index contributed by atoms with van der Waals surface area (Å²) in [6.45, 7) is 3.27. The summed E-state index contributed by atoms with van der Waals surface area (Å²) in [5, 5.41) is 19.4. The van der Waals surface area contributed by atoms with Crippen molar-refractivity contribution in [3.05, 3.63) is 69.3 Å². The average molecular weight is 461 g/mol. The van der Waals surface area contributed by atoms with E-state index in [0.717, 1.165) is 11.0 Å². The number of amides is 1. The molecule has 32 heavy (non-hydrogen) atoms. The van der Waals surface area contributed by atoms with Crippen LogP contribution in [0.4, 0.5) is 5.69 Å². The first-order chi connectivity index (χ1) is 15.0. The average Bonchev–Trinajstić information content (AvgIpc) is 2.73. The van der Waals surface area contributed by atoms with Gasteiger partial charge in [0.15, 0.2) is 0 Å². The fourth-order valence-corrected chi connectivity index (χ4v) is 3.46. The Morgan fingerprint density at radius 3 is 2.22 bits per heavy atom. The minimum Gasteiger partial charge on any atom is -0.494 e. The molecule has 8 heteroatoms. The Morgan fingerprint density at radius 1 is 1.09 bits per heavy atom. The van der Waals surface area contributed by atoms with Crippen LogP contribution in [-0.4, -0.2) is 66.0 Å². The number of carbonyl (C=O) groups excluding carboxylic acids is 1. The number of benzene rings is 2. The molecule has 1 aromatic heterocycles. The highest BCUT2D eigenvalue weighted by molar-refractivity contribution is 6.35. The summed E-state index contributed by atoms with van der Waals surface area (Å²) in [7, 11) is 7.74. The van der Waals surface area contributed by atoms with Gasteiger partial charge in [-0.25, -0.2) is 0 Å². The fourth-order valence-electron chi connectivity index (χ4n) is 3.20. The maximum atomic E-state index is 13.0. The van der Waals surface area contributed by atoms with E-state index in [9.17, 15) is 14.7 Å². The van der Waals surface area contributed by atoms with Crippen LogP contribution in [0, 0.1) is 0 Å². The molecule has 1 amide bonds. The maximum absolute atomic E-state index is 13.0. The summed E-state index contributed by atoms with van der Waals surface area (Å²) in [5.74, 6) is -0.937. The number of anilines is 1. The number of hydrogen-bond donors (Lipinski definition) is 2. The van der Waals surface area contributed by atoms with Crippen LogP contribution >= 0.6 is 11.6 Å². The number of aliphatic hydroxyl groups excluding tert-OH is 1. The van der Waals surface area contributed by atoms with E-state index < -0.39 is 11.3 Å². The summed E-state index contributed by atoms with van der Waals surface area (Å²) in [6.07, 6.45) is 0. The van der Waals surface area contributed by atoms with Crippen LogP contribution in [0.2, 0.25) is 5.02 Å². The number of rotatable bonds is 5. The zero-order valence-electron chi connectivity index (χ0n) is 19.2. The van der Waals surface area contributed by atoms with Gasteiger partial charge in [0, 0.05) is 19.3 Å². The molecule has 0 atom stereocenters. The third-order valence-corrected chi connectivity index (χ3v) is 5.28. The highest BCUT2D eigenvalue weighted by atomic mass is 35.5. The number of hydrogen-bond acceptors (Lipinski definition) is 4. The lowest BCUT2D eigenvalue weighted by Gasteiger charge is -2.22. The van der Waals surface area contributed by atoms with E-state index in [0.29, 0.717) is 17.7 Å². The Kier molecular flexibility index (Phi) is 8.44. The van der Waals surface area contributed by atoms with Gasteiger partial charge in [0.05, 0.1) is 43.7 Å². The molecule has 0 unspecified atom stereocenters. The van der Waals surface area contributed by atoms with E-state index in [1.807, 2.05) is 6.07 Å². The Morgan fingerprint density at radius 2 is 1.72 bits per heavy atom. The quantitative estimate of drug-likeness (QED) is 0.572. The number of aliphatic hydroxyl groups is 1. The molecule has 2 N–H and O–H groups in total. The number of para-hydroxylation sites is 1. The van der Waals surface area contributed by atoms with Gasteiger partial charge in [0.25, 0.3) is 5.91 Å². The van der Waals surface area contributed by atoms with E-state index in [1.165, 1.54) is 9.47 Å². The Labute approximate surface area is 193 Å². The van der Waals surface area contributed by atoms with E-state index in [2.05, 4.69) is 21.1 Å². The van der Waals surface area contributed by atoms with Gasteiger partial charge in [-0.05, 0) is 31.2 Å². The molecule has 0 fully saturated rings. The maximum Gasteiger partial charge on any atom is 0.267 e. The number of quaternary nitrogens is 1. The van der Waals surface area contributed by atoms with Crippen molar-refractivity contribution in [3.63, 3.8) is 0 Å². The second-order valence-electron chi connectivity index (χ2n) is 8.34. The largest absolute Gasteiger partial charge is 0.494 e. The lowest BCUT2D eigenvalue weighted by Crippen LogP contribution is -2.36. The molecule has 0 bridgehead atoms. The van der Waals surface area contributed by atoms with Crippen molar-refractivity contribution in [2.75, 3.05) is 45.7 Å². The molecule has 0 radical (unpaired) electrons. The molecule has 0 aliphatic heterocycles. The van der Waals surface area contributed by atoms with Gasteiger partial charge in [-0.2, -0.15) is 0 Å². The fraction of sp³-hybridized carbons (Fsp3) is 0.333. The van der Waals surface area contributed by atoms with Crippen LogP contribution in [0.1, 0.15) is 17.3 Å². The number of carbonyl (C=O) groups is 1. The molecule has 0 aliphatic carbocycles. The van der Waals surface area contributed by atoms with Gasteiger partial charge < -0.3 is 24.2 Å². The molecule has 2 aromatic carbocycles. The number of fused-ring (bicyclic) bond motifs is 1. The monoisotopic (exact) mass is 460 g/mol. The van der Waals surface area contributed by atoms with Crippen LogP contribution in [0.25, 0.3) is 10.9 Å². The van der Waals surface area contributed by atoms with E-state index in [4.69, 9.17) is 16.7 Å².